The smallest absolute Gasteiger partial charge is 0.329 e. The van der Waals surface area contributed by atoms with Crippen LogP contribution in [0.4, 0.5) is 5.69 Å². The van der Waals surface area contributed by atoms with Crippen molar-refractivity contribution in [1.29, 1.82) is 0 Å². The summed E-state index contributed by atoms with van der Waals surface area (Å²) in [6.45, 7) is 1.92. The molecule has 0 saturated carbocycles. The Balaban J connectivity index is 1.63. The number of carbonyl (C=O) groups excluding carboxylic acids is 3. The molecule has 9 heteroatoms. The number of para-hydroxylation sites is 1. The highest BCUT2D eigenvalue weighted by molar-refractivity contribution is 7.11. The van der Waals surface area contributed by atoms with Crippen molar-refractivity contribution in [3.8, 4) is 0 Å². The van der Waals surface area contributed by atoms with Gasteiger partial charge in [-0.3, -0.25) is 14.4 Å². The lowest BCUT2D eigenvalue weighted by molar-refractivity contribution is -0.136. The molecule has 27 heavy (non-hydrogen) atoms. The quantitative estimate of drug-likeness (QED) is 0.470. The Kier molecular flexibility index (Phi) is 6.29. The molecule has 3 rings (SSSR count). The lowest BCUT2D eigenvalue weighted by atomic mass is 10.1. The maximum absolute atomic E-state index is 12.7. The van der Waals surface area contributed by atoms with Crippen LogP contribution in [0.5, 0.6) is 0 Å². The van der Waals surface area contributed by atoms with Crippen LogP contribution in [0.15, 0.2) is 46.9 Å². The molecule has 2 N–H and O–H groups in total. The number of hydrogen-bond donors (Lipinski definition) is 2. The Morgan fingerprint density at radius 1 is 1.07 bits per heavy atom. The highest BCUT2D eigenvalue weighted by atomic mass is 32.1. The Morgan fingerprint density at radius 3 is 2.59 bits per heavy atom. The third-order valence-electron chi connectivity index (χ3n) is 3.81. The lowest BCUT2D eigenvalue weighted by Crippen LogP contribution is -2.41. The number of hydrazone groups is 1. The summed E-state index contributed by atoms with van der Waals surface area (Å²) >= 11 is 1.45. The number of thiophene rings is 1. The summed E-state index contributed by atoms with van der Waals surface area (Å²) in [5.41, 5.74) is 2.76. The molecule has 0 aliphatic carbocycles. The van der Waals surface area contributed by atoms with Gasteiger partial charge in [-0.15, -0.1) is 11.3 Å². The Morgan fingerprint density at radius 2 is 1.85 bits per heavy atom. The number of carbonyl (C=O) groups is 3. The van der Waals surface area contributed by atoms with E-state index in [0.717, 1.165) is 4.88 Å². The van der Waals surface area contributed by atoms with E-state index in [1.165, 1.54) is 17.6 Å². The molecule has 0 radical (unpaired) electrons. The molecule has 0 atom stereocenters. The SMILES string of the molecule is O=C(N/N=C\c1cccs1)C(=O)Nc1ccccc1C(=O)N1CCOCC1. The molecule has 1 fully saturated rings. The lowest BCUT2D eigenvalue weighted by Gasteiger charge is -2.27. The number of amides is 3. The predicted molar refractivity (Wildman–Crippen MR) is 102 cm³/mol. The summed E-state index contributed by atoms with van der Waals surface area (Å²) in [5, 5.41) is 8.09. The van der Waals surface area contributed by atoms with Gasteiger partial charge in [-0.2, -0.15) is 5.10 Å². The number of ether oxygens (including phenoxy) is 1. The van der Waals surface area contributed by atoms with E-state index in [1.807, 2.05) is 17.5 Å². The standard InChI is InChI=1S/C18H18N4O4S/c23-16(17(24)21-19-12-13-4-3-11-27-13)20-15-6-2-1-5-14(15)18(25)22-7-9-26-10-8-22/h1-6,11-12H,7-10H2,(H,20,23)(H,21,24)/b19-12-. The number of nitrogens with zero attached hydrogens (tertiary/aromatic N) is 2. The van der Waals surface area contributed by atoms with E-state index in [1.54, 1.807) is 29.2 Å². The number of morpholine rings is 1. The predicted octanol–water partition coefficient (Wildman–Crippen LogP) is 1.31. The molecule has 0 spiro atoms. The van der Waals surface area contributed by atoms with E-state index in [4.69, 9.17) is 4.74 Å². The van der Waals surface area contributed by atoms with Crippen molar-refractivity contribution in [2.24, 2.45) is 5.10 Å². The van der Waals surface area contributed by atoms with Crippen LogP contribution >= 0.6 is 11.3 Å². The molecule has 0 bridgehead atoms. The van der Waals surface area contributed by atoms with Crippen molar-refractivity contribution in [3.05, 3.63) is 52.2 Å². The molecule has 8 nitrogen and oxygen atoms in total. The molecule has 1 aromatic heterocycles. The van der Waals surface area contributed by atoms with Gasteiger partial charge in [0.15, 0.2) is 0 Å². The summed E-state index contributed by atoms with van der Waals surface area (Å²) in [6, 6.07) is 10.2. The summed E-state index contributed by atoms with van der Waals surface area (Å²) in [6.07, 6.45) is 1.45. The zero-order valence-corrected chi connectivity index (χ0v) is 15.2. The van der Waals surface area contributed by atoms with Crippen LogP contribution in [0.2, 0.25) is 0 Å². The first-order valence-electron chi connectivity index (χ1n) is 8.29. The number of rotatable bonds is 4. The second kappa shape index (κ2) is 9.06. The van der Waals surface area contributed by atoms with Crippen LogP contribution in [0.25, 0.3) is 0 Å². The van der Waals surface area contributed by atoms with Gasteiger partial charge in [0.05, 0.1) is 30.7 Å². The van der Waals surface area contributed by atoms with Gasteiger partial charge < -0.3 is 15.0 Å². The molecular formula is C18H18N4O4S. The van der Waals surface area contributed by atoms with E-state index in [2.05, 4.69) is 15.8 Å². The molecule has 3 amide bonds. The van der Waals surface area contributed by atoms with Crippen LogP contribution in [0, 0.1) is 0 Å². The first-order chi connectivity index (χ1) is 13.1. The zero-order chi connectivity index (χ0) is 19.1. The van der Waals surface area contributed by atoms with Gasteiger partial charge >= 0.3 is 11.8 Å². The average Bonchev–Trinajstić information content (AvgIpc) is 3.22. The summed E-state index contributed by atoms with van der Waals surface area (Å²) in [5.74, 6) is -2.04. The maximum atomic E-state index is 12.7. The van der Waals surface area contributed by atoms with Crippen LogP contribution < -0.4 is 10.7 Å². The fraction of sp³-hybridized carbons (Fsp3) is 0.222. The second-order valence-corrected chi connectivity index (χ2v) is 6.60. The van der Waals surface area contributed by atoms with Crippen molar-refractivity contribution in [1.82, 2.24) is 10.3 Å². The minimum absolute atomic E-state index is 0.217. The summed E-state index contributed by atoms with van der Waals surface area (Å²) < 4.78 is 5.25. The van der Waals surface area contributed by atoms with E-state index in [9.17, 15) is 14.4 Å². The van der Waals surface area contributed by atoms with Gasteiger partial charge in [-0.1, -0.05) is 18.2 Å². The number of hydrogen-bond acceptors (Lipinski definition) is 6. The van der Waals surface area contributed by atoms with Gasteiger partial charge in [-0.25, -0.2) is 5.43 Å². The van der Waals surface area contributed by atoms with Gasteiger partial charge in [0.25, 0.3) is 5.91 Å². The van der Waals surface area contributed by atoms with Crippen molar-refractivity contribution >= 4 is 41.0 Å². The first kappa shape index (κ1) is 18.7. The fourth-order valence-corrected chi connectivity index (χ4v) is 3.05. The fourth-order valence-electron chi connectivity index (χ4n) is 2.46. The molecule has 1 aromatic carbocycles. The number of nitrogens with one attached hydrogen (secondary N) is 2. The molecule has 140 valence electrons. The Bertz CT molecular complexity index is 845. The zero-order valence-electron chi connectivity index (χ0n) is 14.4. The van der Waals surface area contributed by atoms with Crippen LogP contribution in [0.1, 0.15) is 15.2 Å². The normalized spacial score (nSPS) is 14.1. The van der Waals surface area contributed by atoms with Crippen LogP contribution in [0.3, 0.4) is 0 Å². The third-order valence-corrected chi connectivity index (χ3v) is 4.62. The number of anilines is 1. The molecule has 0 unspecified atom stereocenters. The topological polar surface area (TPSA) is 100 Å². The summed E-state index contributed by atoms with van der Waals surface area (Å²) in [7, 11) is 0. The molecule has 1 saturated heterocycles. The van der Waals surface area contributed by atoms with E-state index in [0.29, 0.717) is 31.9 Å². The monoisotopic (exact) mass is 386 g/mol. The van der Waals surface area contributed by atoms with Crippen LogP contribution in [-0.4, -0.2) is 55.1 Å². The van der Waals surface area contributed by atoms with Gasteiger partial charge in [0.1, 0.15) is 0 Å². The second-order valence-electron chi connectivity index (χ2n) is 5.62. The van der Waals surface area contributed by atoms with Crippen molar-refractivity contribution in [3.63, 3.8) is 0 Å². The maximum Gasteiger partial charge on any atom is 0.329 e. The average molecular weight is 386 g/mol. The number of benzene rings is 1. The highest BCUT2D eigenvalue weighted by Gasteiger charge is 2.22. The van der Waals surface area contributed by atoms with Gasteiger partial charge in [-0.05, 0) is 23.6 Å². The van der Waals surface area contributed by atoms with Gasteiger partial charge in [0, 0.05) is 18.0 Å². The van der Waals surface area contributed by atoms with Crippen molar-refractivity contribution < 1.29 is 19.1 Å². The Hall–Kier alpha value is -3.04. The minimum atomic E-state index is -0.920. The van der Waals surface area contributed by atoms with E-state index < -0.39 is 11.8 Å². The van der Waals surface area contributed by atoms with E-state index >= 15 is 0 Å². The van der Waals surface area contributed by atoms with Crippen LogP contribution in [-0.2, 0) is 14.3 Å². The highest BCUT2D eigenvalue weighted by Crippen LogP contribution is 2.18. The molecule has 1 aliphatic rings. The first-order valence-corrected chi connectivity index (χ1v) is 9.17. The largest absolute Gasteiger partial charge is 0.378 e. The van der Waals surface area contributed by atoms with E-state index in [-0.39, 0.29) is 11.6 Å². The Labute approximate surface area is 159 Å². The molecule has 2 heterocycles. The van der Waals surface area contributed by atoms with Gasteiger partial charge in [0.2, 0.25) is 0 Å². The molecular weight excluding hydrogens is 368 g/mol. The third kappa shape index (κ3) is 4.99. The molecule has 1 aliphatic heterocycles. The molecule has 2 aromatic rings. The van der Waals surface area contributed by atoms with Crippen molar-refractivity contribution in [2.75, 3.05) is 31.6 Å². The van der Waals surface area contributed by atoms with Crippen molar-refractivity contribution in [2.45, 2.75) is 0 Å². The summed E-state index contributed by atoms with van der Waals surface area (Å²) in [4.78, 5) is 39.2. The minimum Gasteiger partial charge on any atom is -0.378 e.